The average molecular weight is 366 g/mol. The van der Waals surface area contributed by atoms with Gasteiger partial charge in [-0.05, 0) is 27.3 Å². The van der Waals surface area contributed by atoms with Crippen molar-refractivity contribution >= 4 is 25.3 Å². The number of nitrogens with two attached hydrogens (primary N) is 1. The Morgan fingerprint density at radius 2 is 1.79 bits per heavy atom. The monoisotopic (exact) mass is 366 g/mol. The van der Waals surface area contributed by atoms with Crippen LogP contribution in [0.3, 0.4) is 0 Å². The van der Waals surface area contributed by atoms with Gasteiger partial charge in [0.05, 0.1) is 12.6 Å². The Morgan fingerprint density at radius 1 is 1.25 bits per heavy atom. The number of imide groups is 1. The van der Waals surface area contributed by atoms with Crippen LogP contribution in [0.15, 0.2) is 0 Å². The van der Waals surface area contributed by atoms with Crippen molar-refractivity contribution in [2.45, 2.75) is 51.5 Å². The van der Waals surface area contributed by atoms with Crippen LogP contribution >= 0.6 is 7.60 Å². The summed E-state index contributed by atoms with van der Waals surface area (Å²) < 4.78 is 11.4. The third kappa shape index (κ3) is 6.66. The normalized spacial score (nSPS) is 15.3. The molecular weight excluding hydrogens is 339 g/mol. The first-order chi connectivity index (χ1) is 11.0. The summed E-state index contributed by atoms with van der Waals surface area (Å²) in [5.74, 6) is -3.93. The largest absolute Gasteiger partial charge is 0.348 e. The second kappa shape index (κ2) is 9.85. The fourth-order valence-electron chi connectivity index (χ4n) is 1.94. The molecule has 0 aliphatic carbocycles. The van der Waals surface area contributed by atoms with Crippen molar-refractivity contribution in [2.24, 2.45) is 5.73 Å². The maximum absolute atomic E-state index is 12.4. The average Bonchev–Trinajstić information content (AvgIpc) is 2.46. The van der Waals surface area contributed by atoms with E-state index >= 15 is 0 Å². The number of likely N-dealkylation sites (N-methyl/N-ethyl adjacent to an activating group) is 1. The highest BCUT2D eigenvalue weighted by atomic mass is 31.2. The first-order valence-electron chi connectivity index (χ1n) is 7.59. The first kappa shape index (κ1) is 22.7. The van der Waals surface area contributed by atoms with E-state index < -0.39 is 43.2 Å². The van der Waals surface area contributed by atoms with Crippen molar-refractivity contribution in [3.05, 3.63) is 0 Å². The summed E-state index contributed by atoms with van der Waals surface area (Å²) in [6, 6.07) is -1.96. The lowest BCUT2D eigenvalue weighted by atomic mass is 10.1. The van der Waals surface area contributed by atoms with Crippen LogP contribution in [0.25, 0.3) is 0 Å². The second-order valence-electron chi connectivity index (χ2n) is 5.48. The highest BCUT2D eigenvalue weighted by molar-refractivity contribution is 7.52. The second-order valence-corrected chi connectivity index (χ2v) is 7.40. The summed E-state index contributed by atoms with van der Waals surface area (Å²) in [6.45, 7) is 3.96. The van der Waals surface area contributed by atoms with Gasteiger partial charge in [-0.25, -0.2) is 0 Å². The van der Waals surface area contributed by atoms with E-state index in [0.717, 1.165) is 6.92 Å². The molecule has 0 heterocycles. The van der Waals surface area contributed by atoms with E-state index in [1.807, 2.05) is 6.92 Å². The number of amides is 3. The number of carbonyl (C=O) groups excluding carboxylic acids is 3. The Balaban J connectivity index is 5.27. The van der Waals surface area contributed by atoms with Gasteiger partial charge in [-0.3, -0.25) is 23.8 Å². The zero-order chi connectivity index (χ0) is 19.1. The van der Waals surface area contributed by atoms with Crippen molar-refractivity contribution in [3.8, 4) is 0 Å². The molecule has 24 heavy (non-hydrogen) atoms. The van der Waals surface area contributed by atoms with Crippen LogP contribution in [0.5, 0.6) is 0 Å². The molecule has 0 spiro atoms. The van der Waals surface area contributed by atoms with Crippen LogP contribution < -0.4 is 16.4 Å². The summed E-state index contributed by atoms with van der Waals surface area (Å²) in [5.41, 5.74) is 5.65. The third-order valence-corrected chi connectivity index (χ3v) is 4.56. The van der Waals surface area contributed by atoms with E-state index in [-0.39, 0.29) is 6.54 Å². The maximum Gasteiger partial charge on any atom is 0.348 e. The van der Waals surface area contributed by atoms with Crippen molar-refractivity contribution < 1.29 is 28.7 Å². The number of rotatable bonds is 9. The summed E-state index contributed by atoms with van der Waals surface area (Å²) in [6.07, 6.45) is 1.10. The van der Waals surface area contributed by atoms with E-state index in [0.29, 0.717) is 17.7 Å². The molecule has 3 atom stereocenters. The number of nitrogens with zero attached hydrogens (tertiary/aromatic N) is 1. The van der Waals surface area contributed by atoms with Gasteiger partial charge in [0.1, 0.15) is 11.8 Å². The molecule has 0 aromatic rings. The minimum absolute atomic E-state index is 0.286. The molecule has 3 amide bonds. The van der Waals surface area contributed by atoms with Crippen LogP contribution in [-0.4, -0.2) is 63.9 Å². The van der Waals surface area contributed by atoms with Gasteiger partial charge in [0, 0.05) is 0 Å². The predicted molar refractivity (Wildman–Crippen MR) is 87.8 cm³/mol. The van der Waals surface area contributed by atoms with E-state index in [1.165, 1.54) is 14.0 Å². The smallest absolute Gasteiger partial charge is 0.343 e. The van der Waals surface area contributed by atoms with Crippen LogP contribution in [0.1, 0.15) is 33.6 Å². The summed E-state index contributed by atoms with van der Waals surface area (Å²) in [4.78, 5) is 55.4. The molecule has 0 rings (SSSR count). The highest BCUT2D eigenvalue weighted by Crippen LogP contribution is 2.42. The SMILES string of the molecule is CCC[C@H](N)C(=O)N[C@@H](C)C(=O)N(C(=O)CNC)[C@@H](C)P(=O)(O)O. The number of carbonyl (C=O) groups is 3. The Bertz CT molecular complexity index is 509. The summed E-state index contributed by atoms with van der Waals surface area (Å²) in [5, 5.41) is 4.89. The lowest BCUT2D eigenvalue weighted by Gasteiger charge is -2.30. The first-order valence-corrected chi connectivity index (χ1v) is 9.27. The van der Waals surface area contributed by atoms with Gasteiger partial charge in [0.25, 0.3) is 5.91 Å². The molecule has 0 saturated carbocycles. The zero-order valence-electron chi connectivity index (χ0n) is 14.4. The van der Waals surface area contributed by atoms with Gasteiger partial charge >= 0.3 is 7.60 Å². The molecule has 10 nitrogen and oxygen atoms in total. The van der Waals surface area contributed by atoms with Crippen molar-refractivity contribution in [3.63, 3.8) is 0 Å². The standard InChI is InChI=1S/C13H27N4O6P/c1-5-6-10(14)12(19)16-8(2)13(20)17(11(18)7-15-4)9(3)24(21,22)23/h8-10,15H,5-7,14H2,1-4H3,(H,16,19)(H2,21,22,23)/t8-,9+,10-/m0/s1. The number of hydrogen-bond donors (Lipinski definition) is 5. The van der Waals surface area contributed by atoms with Crippen LogP contribution in [0.4, 0.5) is 0 Å². The van der Waals surface area contributed by atoms with E-state index in [2.05, 4.69) is 10.6 Å². The molecule has 140 valence electrons. The third-order valence-electron chi connectivity index (χ3n) is 3.36. The van der Waals surface area contributed by atoms with Crippen LogP contribution in [-0.2, 0) is 18.9 Å². The van der Waals surface area contributed by atoms with Gasteiger partial charge in [-0.15, -0.1) is 0 Å². The molecule has 0 fully saturated rings. The molecular formula is C13H27N4O6P. The maximum atomic E-state index is 12.4. The molecule has 0 bridgehead atoms. The molecule has 0 aromatic heterocycles. The number of nitrogens with one attached hydrogen (secondary N) is 2. The van der Waals surface area contributed by atoms with Crippen molar-refractivity contribution in [1.82, 2.24) is 15.5 Å². The highest BCUT2D eigenvalue weighted by Gasteiger charge is 2.39. The van der Waals surface area contributed by atoms with Gasteiger partial charge in [0.2, 0.25) is 11.8 Å². The Kier molecular flexibility index (Phi) is 9.31. The van der Waals surface area contributed by atoms with E-state index in [4.69, 9.17) is 5.73 Å². The number of hydrogen-bond acceptors (Lipinski definition) is 6. The van der Waals surface area contributed by atoms with Gasteiger partial charge in [-0.1, -0.05) is 13.3 Å². The van der Waals surface area contributed by atoms with Gasteiger partial charge < -0.3 is 26.2 Å². The molecule has 0 aromatic carbocycles. The molecule has 0 saturated heterocycles. The zero-order valence-corrected chi connectivity index (χ0v) is 15.2. The Morgan fingerprint density at radius 3 is 2.21 bits per heavy atom. The topological polar surface area (TPSA) is 162 Å². The lowest BCUT2D eigenvalue weighted by Crippen LogP contribution is -2.55. The van der Waals surface area contributed by atoms with Gasteiger partial charge in [-0.2, -0.15) is 0 Å². The lowest BCUT2D eigenvalue weighted by molar-refractivity contribution is -0.147. The molecule has 0 radical (unpaired) electrons. The predicted octanol–water partition coefficient (Wildman–Crippen LogP) is -1.28. The van der Waals surface area contributed by atoms with Crippen LogP contribution in [0.2, 0.25) is 0 Å². The fourth-order valence-corrected chi connectivity index (χ4v) is 2.48. The Hall–Kier alpha value is -1.32. The van der Waals surface area contributed by atoms with Gasteiger partial charge in [0.15, 0.2) is 0 Å². The minimum atomic E-state index is -4.73. The molecule has 0 aliphatic rings. The summed E-state index contributed by atoms with van der Waals surface area (Å²) in [7, 11) is -3.27. The Labute approximate surface area is 141 Å². The summed E-state index contributed by atoms with van der Waals surface area (Å²) >= 11 is 0. The van der Waals surface area contributed by atoms with Crippen molar-refractivity contribution in [1.29, 1.82) is 0 Å². The molecule has 6 N–H and O–H groups in total. The van der Waals surface area contributed by atoms with E-state index in [9.17, 15) is 28.7 Å². The van der Waals surface area contributed by atoms with Crippen LogP contribution in [0, 0.1) is 0 Å². The van der Waals surface area contributed by atoms with Crippen molar-refractivity contribution in [2.75, 3.05) is 13.6 Å². The minimum Gasteiger partial charge on any atom is -0.343 e. The fraction of sp³-hybridized carbons (Fsp3) is 0.769. The quantitative estimate of drug-likeness (QED) is 0.315. The molecule has 0 unspecified atom stereocenters. The molecule has 11 heteroatoms. The molecule has 0 aliphatic heterocycles. The van der Waals surface area contributed by atoms with E-state index in [1.54, 1.807) is 0 Å².